The monoisotopic (exact) mass is 714 g/mol. The first-order valence-corrected chi connectivity index (χ1v) is 19.1. The SMILES string of the molecule is C=CCC1=CC(C(C)(c2ccc(C(C)(C)c3ccc(OCC4CO4)c(CC=C)c3)cc2)c2ccc(OCC3CO3)c(CC=C)c2)=CCC1OCC1CO1. The molecule has 4 aliphatic rings. The summed E-state index contributed by atoms with van der Waals surface area (Å²) < 4.78 is 35.0. The number of hydrogen-bond donors (Lipinski definition) is 0. The maximum absolute atomic E-state index is 6.37. The van der Waals surface area contributed by atoms with Crippen molar-refractivity contribution in [1.29, 1.82) is 0 Å². The van der Waals surface area contributed by atoms with Gasteiger partial charge in [0.15, 0.2) is 0 Å². The summed E-state index contributed by atoms with van der Waals surface area (Å²) in [5.41, 5.74) is 8.91. The van der Waals surface area contributed by atoms with Crippen molar-refractivity contribution < 1.29 is 28.4 Å². The van der Waals surface area contributed by atoms with Gasteiger partial charge in [-0.1, -0.05) is 92.8 Å². The van der Waals surface area contributed by atoms with E-state index in [9.17, 15) is 0 Å². The highest BCUT2D eigenvalue weighted by Gasteiger charge is 2.37. The molecular formula is C47H54O6. The minimum absolute atomic E-state index is 0.00919. The van der Waals surface area contributed by atoms with Gasteiger partial charge in [-0.25, -0.2) is 0 Å². The van der Waals surface area contributed by atoms with Crippen molar-refractivity contribution in [2.24, 2.45) is 0 Å². The molecule has 3 saturated heterocycles. The van der Waals surface area contributed by atoms with E-state index in [-0.39, 0.29) is 29.8 Å². The predicted octanol–water partition coefficient (Wildman–Crippen LogP) is 8.95. The van der Waals surface area contributed by atoms with Gasteiger partial charge in [0.1, 0.15) is 43.0 Å². The first kappa shape index (κ1) is 37.1. The third kappa shape index (κ3) is 8.63. The summed E-state index contributed by atoms with van der Waals surface area (Å²) in [6, 6.07) is 22.4. The summed E-state index contributed by atoms with van der Waals surface area (Å²) in [4.78, 5) is 0. The van der Waals surface area contributed by atoms with Crippen LogP contribution >= 0.6 is 0 Å². The number of benzene rings is 3. The number of hydrogen-bond acceptors (Lipinski definition) is 6. The summed E-state index contributed by atoms with van der Waals surface area (Å²) in [5.74, 6) is 1.78. The normalized spacial score (nSPS) is 22.8. The smallest absolute Gasteiger partial charge is 0.122 e. The largest absolute Gasteiger partial charge is 0.490 e. The molecule has 3 heterocycles. The van der Waals surface area contributed by atoms with Crippen LogP contribution in [0.3, 0.4) is 0 Å². The van der Waals surface area contributed by atoms with Crippen molar-refractivity contribution >= 4 is 0 Å². The van der Waals surface area contributed by atoms with Crippen LogP contribution in [0.1, 0.15) is 67.0 Å². The molecular weight excluding hydrogens is 661 g/mol. The van der Waals surface area contributed by atoms with Crippen LogP contribution < -0.4 is 9.47 Å². The molecule has 3 aromatic carbocycles. The van der Waals surface area contributed by atoms with E-state index in [1.807, 2.05) is 18.2 Å². The molecule has 0 radical (unpaired) electrons. The van der Waals surface area contributed by atoms with Gasteiger partial charge in [0.2, 0.25) is 0 Å². The highest BCUT2D eigenvalue weighted by Crippen LogP contribution is 2.45. The Bertz CT molecular complexity index is 1860. The Labute approximate surface area is 315 Å². The van der Waals surface area contributed by atoms with Gasteiger partial charge < -0.3 is 28.4 Å². The van der Waals surface area contributed by atoms with Gasteiger partial charge in [0.05, 0.1) is 32.5 Å². The Hall–Kier alpha value is -4.20. The van der Waals surface area contributed by atoms with E-state index in [1.165, 1.54) is 33.4 Å². The number of epoxide rings is 3. The average molecular weight is 715 g/mol. The second-order valence-electron chi connectivity index (χ2n) is 15.4. The molecule has 0 N–H and O–H groups in total. The fraction of sp³-hybridized carbons (Fsp3) is 0.404. The Balaban J connectivity index is 1.24. The van der Waals surface area contributed by atoms with Gasteiger partial charge in [-0.15, -0.1) is 19.7 Å². The van der Waals surface area contributed by atoms with Crippen LogP contribution in [-0.4, -0.2) is 64.1 Å². The molecule has 0 amide bonds. The lowest BCUT2D eigenvalue weighted by molar-refractivity contribution is 0.0645. The fourth-order valence-electron chi connectivity index (χ4n) is 7.36. The molecule has 7 rings (SSSR count). The lowest BCUT2D eigenvalue weighted by atomic mass is 9.67. The Morgan fingerprint density at radius 1 is 0.642 bits per heavy atom. The molecule has 5 unspecified atom stereocenters. The standard InChI is InChI=1S/C47H54O6/c1-7-10-32-23-37(17-20-43(32)51-29-40-26-48-40)46(4,5)35-13-15-36(16-14-35)47(6,38-18-21-44(33(24-38)11-8-2)52-30-41-27-49-41)39-19-22-45(34(25-39)12-9-3)53-31-42-28-50-42/h7-9,13-21,23-25,40-42,45H,1-3,10-12,22,26-31H2,4-6H3. The number of allylic oxidation sites excluding steroid dienone is 5. The minimum atomic E-state index is -0.463. The van der Waals surface area contributed by atoms with Crippen molar-refractivity contribution in [3.05, 3.63) is 155 Å². The zero-order valence-corrected chi connectivity index (χ0v) is 31.6. The first-order chi connectivity index (χ1) is 25.7. The Morgan fingerprint density at radius 2 is 1.13 bits per heavy atom. The molecule has 6 heteroatoms. The van der Waals surface area contributed by atoms with Crippen molar-refractivity contribution in [2.45, 2.75) is 81.7 Å². The van der Waals surface area contributed by atoms with Crippen molar-refractivity contribution in [3.63, 3.8) is 0 Å². The van der Waals surface area contributed by atoms with Crippen LogP contribution in [0.2, 0.25) is 0 Å². The first-order valence-electron chi connectivity index (χ1n) is 19.1. The maximum atomic E-state index is 6.37. The molecule has 3 aliphatic heterocycles. The summed E-state index contributed by atoms with van der Waals surface area (Å²) in [7, 11) is 0. The molecule has 0 bridgehead atoms. The van der Waals surface area contributed by atoms with Crippen molar-refractivity contribution in [2.75, 3.05) is 39.6 Å². The topological polar surface area (TPSA) is 65.3 Å². The van der Waals surface area contributed by atoms with Crippen LogP contribution in [0.15, 0.2) is 122 Å². The van der Waals surface area contributed by atoms with Gasteiger partial charge in [-0.2, -0.15) is 0 Å². The van der Waals surface area contributed by atoms with Gasteiger partial charge in [0.25, 0.3) is 0 Å². The van der Waals surface area contributed by atoms with E-state index >= 15 is 0 Å². The molecule has 53 heavy (non-hydrogen) atoms. The minimum Gasteiger partial charge on any atom is -0.490 e. The summed E-state index contributed by atoms with van der Waals surface area (Å²) in [5, 5.41) is 0. The average Bonchev–Trinajstić information content (AvgIpc) is 4.00. The zero-order chi connectivity index (χ0) is 37.0. The van der Waals surface area contributed by atoms with Gasteiger partial charge in [0, 0.05) is 10.8 Å². The Kier molecular flexibility index (Phi) is 11.2. The van der Waals surface area contributed by atoms with Crippen LogP contribution in [-0.2, 0) is 42.6 Å². The summed E-state index contributed by atoms with van der Waals surface area (Å²) in [6.45, 7) is 23.2. The van der Waals surface area contributed by atoms with Gasteiger partial charge in [-0.05, 0) is 89.3 Å². The summed E-state index contributed by atoms with van der Waals surface area (Å²) >= 11 is 0. The highest BCUT2D eigenvalue weighted by molar-refractivity contribution is 5.57. The second-order valence-corrected chi connectivity index (χ2v) is 15.4. The van der Waals surface area contributed by atoms with Crippen LogP contribution in [0.5, 0.6) is 11.5 Å². The molecule has 6 nitrogen and oxygen atoms in total. The third-order valence-corrected chi connectivity index (χ3v) is 11.1. The van der Waals surface area contributed by atoms with E-state index in [0.29, 0.717) is 26.2 Å². The van der Waals surface area contributed by atoms with Gasteiger partial charge in [-0.3, -0.25) is 0 Å². The second kappa shape index (κ2) is 16.0. The van der Waals surface area contributed by atoms with E-state index in [1.54, 1.807) is 0 Å². The summed E-state index contributed by atoms with van der Waals surface area (Å²) in [6.07, 6.45) is 14.2. The van der Waals surface area contributed by atoms with E-state index in [0.717, 1.165) is 61.7 Å². The molecule has 278 valence electrons. The van der Waals surface area contributed by atoms with Crippen LogP contribution in [0, 0.1) is 0 Å². The van der Waals surface area contributed by atoms with Crippen LogP contribution in [0.25, 0.3) is 0 Å². The molecule has 3 fully saturated rings. The third-order valence-electron chi connectivity index (χ3n) is 11.1. The van der Waals surface area contributed by atoms with Crippen molar-refractivity contribution in [3.8, 4) is 11.5 Å². The lowest BCUT2D eigenvalue weighted by Gasteiger charge is -2.37. The van der Waals surface area contributed by atoms with E-state index in [4.69, 9.17) is 28.4 Å². The maximum Gasteiger partial charge on any atom is 0.122 e. The molecule has 0 saturated carbocycles. The lowest BCUT2D eigenvalue weighted by Crippen LogP contribution is -2.30. The fourth-order valence-corrected chi connectivity index (χ4v) is 7.36. The van der Waals surface area contributed by atoms with E-state index in [2.05, 4.69) is 113 Å². The number of rotatable bonds is 20. The highest BCUT2D eigenvalue weighted by atomic mass is 16.6. The quantitative estimate of drug-likeness (QED) is 0.0861. The van der Waals surface area contributed by atoms with Crippen molar-refractivity contribution in [1.82, 2.24) is 0 Å². The Morgan fingerprint density at radius 3 is 1.68 bits per heavy atom. The molecule has 5 atom stereocenters. The molecule has 0 aromatic heterocycles. The van der Waals surface area contributed by atoms with Crippen LogP contribution in [0.4, 0.5) is 0 Å². The molecule has 1 aliphatic carbocycles. The predicted molar refractivity (Wildman–Crippen MR) is 211 cm³/mol. The number of ether oxygens (including phenoxy) is 6. The van der Waals surface area contributed by atoms with Gasteiger partial charge >= 0.3 is 0 Å². The molecule has 3 aromatic rings. The zero-order valence-electron chi connectivity index (χ0n) is 31.6. The van der Waals surface area contributed by atoms with E-state index < -0.39 is 5.41 Å². The molecule has 0 spiro atoms.